The lowest BCUT2D eigenvalue weighted by Crippen LogP contribution is -2.27. The van der Waals surface area contributed by atoms with Crippen LogP contribution >= 0.6 is 0 Å². The third-order valence-electron chi connectivity index (χ3n) is 5.09. The van der Waals surface area contributed by atoms with Gasteiger partial charge in [0.2, 0.25) is 0 Å². The molecule has 1 amide bonds. The monoisotopic (exact) mass is 459 g/mol. The number of carboxylic acids is 1. The van der Waals surface area contributed by atoms with Crippen LogP contribution in [0.2, 0.25) is 0 Å². The summed E-state index contributed by atoms with van der Waals surface area (Å²) in [6.07, 6.45) is 1.27. The predicted octanol–water partition coefficient (Wildman–Crippen LogP) is 4.98. The van der Waals surface area contributed by atoms with E-state index in [4.69, 9.17) is 0 Å². The minimum absolute atomic E-state index is 0.133. The van der Waals surface area contributed by atoms with Gasteiger partial charge in [0.15, 0.2) is 0 Å². The number of aryl methyl sites for hydroxylation is 1. The molecule has 2 N–H and O–H groups in total. The largest absolute Gasteiger partial charge is 0.477 e. The van der Waals surface area contributed by atoms with Crippen LogP contribution < -0.4 is 5.32 Å². The summed E-state index contributed by atoms with van der Waals surface area (Å²) < 4.78 is 29.8. The van der Waals surface area contributed by atoms with Crippen molar-refractivity contribution in [2.75, 3.05) is 0 Å². The number of aliphatic carboxylic acids is 1. The number of carboxylic acid groups (broad SMARTS) is 1. The van der Waals surface area contributed by atoms with Gasteiger partial charge in [-0.1, -0.05) is 48.5 Å². The summed E-state index contributed by atoms with van der Waals surface area (Å²) in [7, 11) is 0. The number of aromatic nitrogens is 2. The van der Waals surface area contributed by atoms with Crippen LogP contribution in [0.4, 0.5) is 8.78 Å². The molecule has 170 valence electrons. The topological polar surface area (TPSA) is 84.2 Å². The average molecular weight is 459 g/mol. The zero-order valence-corrected chi connectivity index (χ0v) is 18.0. The van der Waals surface area contributed by atoms with Crippen molar-refractivity contribution >= 4 is 18.0 Å². The fourth-order valence-corrected chi connectivity index (χ4v) is 3.49. The summed E-state index contributed by atoms with van der Waals surface area (Å²) >= 11 is 0. The number of amides is 1. The smallest absolute Gasteiger partial charge is 0.352 e. The molecule has 0 aliphatic carbocycles. The van der Waals surface area contributed by atoms with Gasteiger partial charge in [0, 0.05) is 22.8 Å². The van der Waals surface area contributed by atoms with E-state index in [2.05, 4.69) is 10.4 Å². The standard InChI is InChI=1S/C26H19F2N3O3/c1-16-20(15-22(26(33)34)29-25(32)18-10-6-3-7-11-18)24(17-8-4-2-5-9-17)31(30-16)23-14-19(27)12-13-21(23)28/h2-15H,1H3,(H,29,32)(H,33,34)/b22-15+. The van der Waals surface area contributed by atoms with Crippen molar-refractivity contribution in [3.8, 4) is 16.9 Å². The molecule has 0 spiro atoms. The molecular weight excluding hydrogens is 440 g/mol. The average Bonchev–Trinajstić information content (AvgIpc) is 3.16. The van der Waals surface area contributed by atoms with Crippen LogP contribution in [0.25, 0.3) is 23.0 Å². The Morgan fingerprint density at radius 3 is 2.26 bits per heavy atom. The van der Waals surface area contributed by atoms with Gasteiger partial charge in [-0.2, -0.15) is 5.10 Å². The normalized spacial score (nSPS) is 11.3. The maximum Gasteiger partial charge on any atom is 0.352 e. The molecule has 1 heterocycles. The van der Waals surface area contributed by atoms with Gasteiger partial charge in [-0.05, 0) is 37.3 Å². The number of carbonyl (C=O) groups excluding carboxylic acids is 1. The number of hydrogen-bond donors (Lipinski definition) is 2. The van der Waals surface area contributed by atoms with E-state index in [0.29, 0.717) is 22.5 Å². The van der Waals surface area contributed by atoms with Crippen molar-refractivity contribution < 1.29 is 23.5 Å². The van der Waals surface area contributed by atoms with Crippen LogP contribution in [-0.4, -0.2) is 26.8 Å². The zero-order chi connectivity index (χ0) is 24.2. The summed E-state index contributed by atoms with van der Waals surface area (Å²) in [5.74, 6) is -3.32. The molecule has 0 atom stereocenters. The highest BCUT2D eigenvalue weighted by Crippen LogP contribution is 2.31. The molecule has 0 aliphatic rings. The fraction of sp³-hybridized carbons (Fsp3) is 0.0385. The van der Waals surface area contributed by atoms with E-state index in [1.54, 1.807) is 67.6 Å². The highest BCUT2D eigenvalue weighted by molar-refractivity contribution is 6.03. The Hall–Kier alpha value is -4.59. The first-order valence-corrected chi connectivity index (χ1v) is 10.3. The van der Waals surface area contributed by atoms with E-state index in [1.165, 1.54) is 10.8 Å². The summed E-state index contributed by atoms with van der Waals surface area (Å²) in [6, 6.07) is 20.0. The molecule has 8 heteroatoms. The molecule has 3 aromatic carbocycles. The first-order chi connectivity index (χ1) is 16.3. The first kappa shape index (κ1) is 22.6. The van der Waals surface area contributed by atoms with E-state index in [0.717, 1.165) is 18.2 Å². The van der Waals surface area contributed by atoms with E-state index >= 15 is 0 Å². The fourth-order valence-electron chi connectivity index (χ4n) is 3.49. The Balaban J connectivity index is 1.89. The van der Waals surface area contributed by atoms with Gasteiger partial charge in [0.25, 0.3) is 5.91 Å². The van der Waals surface area contributed by atoms with Gasteiger partial charge in [0.05, 0.1) is 11.4 Å². The second-order valence-electron chi connectivity index (χ2n) is 7.40. The minimum Gasteiger partial charge on any atom is -0.477 e. The lowest BCUT2D eigenvalue weighted by atomic mass is 10.0. The number of hydrogen-bond acceptors (Lipinski definition) is 3. The van der Waals surface area contributed by atoms with Crippen LogP contribution in [0.5, 0.6) is 0 Å². The first-order valence-electron chi connectivity index (χ1n) is 10.3. The SMILES string of the molecule is Cc1nn(-c2cc(F)ccc2F)c(-c2ccccc2)c1/C=C(/NC(=O)c1ccccc1)C(=O)O. The molecule has 0 radical (unpaired) electrons. The van der Waals surface area contributed by atoms with Crippen molar-refractivity contribution in [2.24, 2.45) is 0 Å². The van der Waals surface area contributed by atoms with Crippen molar-refractivity contribution in [3.63, 3.8) is 0 Å². The maximum absolute atomic E-state index is 14.6. The summed E-state index contributed by atoms with van der Waals surface area (Å²) in [4.78, 5) is 24.6. The van der Waals surface area contributed by atoms with Crippen molar-refractivity contribution in [1.82, 2.24) is 15.1 Å². The van der Waals surface area contributed by atoms with Gasteiger partial charge >= 0.3 is 5.97 Å². The molecule has 0 bridgehead atoms. The predicted molar refractivity (Wildman–Crippen MR) is 123 cm³/mol. The van der Waals surface area contributed by atoms with Gasteiger partial charge in [-0.25, -0.2) is 18.3 Å². The zero-order valence-electron chi connectivity index (χ0n) is 18.0. The van der Waals surface area contributed by atoms with Gasteiger partial charge < -0.3 is 10.4 Å². The van der Waals surface area contributed by atoms with Crippen LogP contribution in [0.15, 0.2) is 84.6 Å². The molecule has 0 fully saturated rings. The van der Waals surface area contributed by atoms with Crippen LogP contribution in [0, 0.1) is 18.6 Å². The Bertz CT molecular complexity index is 1400. The van der Waals surface area contributed by atoms with Crippen molar-refractivity contribution in [2.45, 2.75) is 6.92 Å². The number of nitrogens with zero attached hydrogens (tertiary/aromatic N) is 2. The maximum atomic E-state index is 14.6. The highest BCUT2D eigenvalue weighted by atomic mass is 19.1. The number of rotatable bonds is 6. The molecule has 0 aliphatic heterocycles. The third-order valence-corrected chi connectivity index (χ3v) is 5.09. The van der Waals surface area contributed by atoms with Gasteiger partial charge in [-0.15, -0.1) is 0 Å². The van der Waals surface area contributed by atoms with Gasteiger partial charge in [0.1, 0.15) is 23.0 Å². The quantitative estimate of drug-likeness (QED) is 0.398. The second-order valence-corrected chi connectivity index (χ2v) is 7.40. The molecule has 0 unspecified atom stereocenters. The summed E-state index contributed by atoms with van der Waals surface area (Å²) in [5.41, 5.74) is 1.38. The Kier molecular flexibility index (Phi) is 6.31. The molecule has 0 saturated heterocycles. The van der Waals surface area contributed by atoms with E-state index < -0.39 is 29.2 Å². The number of benzene rings is 3. The molecule has 4 aromatic rings. The molecule has 34 heavy (non-hydrogen) atoms. The van der Waals surface area contributed by atoms with Crippen molar-refractivity contribution in [3.05, 3.63) is 113 Å². The number of halogens is 2. The van der Waals surface area contributed by atoms with E-state index in [1.807, 2.05) is 0 Å². The Labute approximate surface area is 193 Å². The lowest BCUT2D eigenvalue weighted by Gasteiger charge is -2.11. The number of carbonyl (C=O) groups is 2. The minimum atomic E-state index is -1.37. The molecule has 0 saturated carbocycles. The summed E-state index contributed by atoms with van der Waals surface area (Å²) in [5, 5.41) is 16.5. The van der Waals surface area contributed by atoms with Gasteiger partial charge in [-0.3, -0.25) is 4.79 Å². The third kappa shape index (κ3) is 4.61. The molecule has 4 rings (SSSR count). The van der Waals surface area contributed by atoms with Crippen molar-refractivity contribution in [1.29, 1.82) is 0 Å². The van der Waals surface area contributed by atoms with Crippen LogP contribution in [0.3, 0.4) is 0 Å². The van der Waals surface area contributed by atoms with E-state index in [-0.39, 0.29) is 11.3 Å². The molecule has 6 nitrogen and oxygen atoms in total. The van der Waals surface area contributed by atoms with Crippen LogP contribution in [-0.2, 0) is 4.79 Å². The second kappa shape index (κ2) is 9.50. The highest BCUT2D eigenvalue weighted by Gasteiger charge is 2.22. The molecule has 1 aromatic heterocycles. The Morgan fingerprint density at radius 1 is 0.971 bits per heavy atom. The molecular formula is C26H19F2N3O3. The van der Waals surface area contributed by atoms with Crippen LogP contribution in [0.1, 0.15) is 21.6 Å². The lowest BCUT2D eigenvalue weighted by molar-refractivity contribution is -0.132. The summed E-state index contributed by atoms with van der Waals surface area (Å²) in [6.45, 7) is 1.62. The number of nitrogens with one attached hydrogen (secondary N) is 1. The Morgan fingerprint density at radius 2 is 1.62 bits per heavy atom. The van der Waals surface area contributed by atoms with E-state index in [9.17, 15) is 23.5 Å².